The Bertz CT molecular complexity index is 668. The number of unbranched alkanes of at least 4 members (excludes halogenated alkanes) is 2. The van der Waals surface area contributed by atoms with Crippen molar-refractivity contribution < 1.29 is 0 Å². The zero-order chi connectivity index (χ0) is 13.1. The molecule has 1 N–H and O–H groups in total. The number of aromatic amines is 1. The third-order valence-corrected chi connectivity index (χ3v) is 3.22. The average molecular weight is 246 g/mol. The van der Waals surface area contributed by atoms with Gasteiger partial charge in [0, 0.05) is 6.54 Å². The molecule has 1 aromatic carbocycles. The van der Waals surface area contributed by atoms with Crippen molar-refractivity contribution in [1.29, 1.82) is 0 Å². The molecule has 18 heavy (non-hydrogen) atoms. The maximum absolute atomic E-state index is 11.9. The van der Waals surface area contributed by atoms with Crippen LogP contribution in [0.4, 0.5) is 0 Å². The normalized spacial score (nSPS) is 11.0. The molecule has 0 aliphatic carbocycles. The van der Waals surface area contributed by atoms with E-state index in [2.05, 4.69) is 11.9 Å². The van der Waals surface area contributed by atoms with Gasteiger partial charge in [0.2, 0.25) is 0 Å². The van der Waals surface area contributed by atoms with E-state index in [9.17, 15) is 9.59 Å². The van der Waals surface area contributed by atoms with Crippen LogP contribution in [0.15, 0.2) is 27.8 Å². The summed E-state index contributed by atoms with van der Waals surface area (Å²) in [6.07, 6.45) is 3.14. The molecule has 0 amide bonds. The molecule has 0 radical (unpaired) electrons. The summed E-state index contributed by atoms with van der Waals surface area (Å²) in [4.78, 5) is 26.1. The first-order chi connectivity index (χ1) is 8.65. The van der Waals surface area contributed by atoms with Crippen LogP contribution < -0.4 is 11.2 Å². The van der Waals surface area contributed by atoms with Gasteiger partial charge >= 0.3 is 5.69 Å². The Morgan fingerprint density at radius 2 is 2.00 bits per heavy atom. The first kappa shape index (κ1) is 12.6. The Morgan fingerprint density at radius 3 is 2.72 bits per heavy atom. The highest BCUT2D eigenvalue weighted by Crippen LogP contribution is 2.12. The minimum absolute atomic E-state index is 0.292. The van der Waals surface area contributed by atoms with E-state index < -0.39 is 0 Å². The summed E-state index contributed by atoms with van der Waals surface area (Å²) in [5.41, 5.74) is 1.03. The second kappa shape index (κ2) is 5.21. The van der Waals surface area contributed by atoms with E-state index in [1.807, 2.05) is 25.1 Å². The molecule has 2 rings (SSSR count). The summed E-state index contributed by atoms with van der Waals surface area (Å²) in [5.74, 6) is 0. The fourth-order valence-electron chi connectivity index (χ4n) is 2.25. The van der Waals surface area contributed by atoms with Gasteiger partial charge in [-0.15, -0.1) is 0 Å². The van der Waals surface area contributed by atoms with Crippen molar-refractivity contribution >= 4 is 10.9 Å². The van der Waals surface area contributed by atoms with Crippen LogP contribution >= 0.6 is 0 Å². The number of hydrogen-bond acceptors (Lipinski definition) is 2. The Kier molecular flexibility index (Phi) is 3.65. The van der Waals surface area contributed by atoms with Crippen LogP contribution in [-0.2, 0) is 6.54 Å². The molecule has 0 bridgehead atoms. The van der Waals surface area contributed by atoms with E-state index in [1.54, 1.807) is 4.57 Å². The third kappa shape index (κ3) is 2.23. The molecule has 1 heterocycles. The van der Waals surface area contributed by atoms with Crippen LogP contribution in [0.1, 0.15) is 31.7 Å². The number of rotatable bonds is 4. The van der Waals surface area contributed by atoms with Gasteiger partial charge in [-0.25, -0.2) is 4.79 Å². The second-order valence-corrected chi connectivity index (χ2v) is 4.59. The van der Waals surface area contributed by atoms with Gasteiger partial charge in [-0.3, -0.25) is 14.3 Å². The van der Waals surface area contributed by atoms with Crippen LogP contribution in [0.3, 0.4) is 0 Å². The zero-order valence-electron chi connectivity index (χ0n) is 10.8. The smallest absolute Gasteiger partial charge is 0.293 e. The second-order valence-electron chi connectivity index (χ2n) is 4.59. The summed E-state index contributed by atoms with van der Waals surface area (Å²) >= 11 is 0. The monoisotopic (exact) mass is 246 g/mol. The number of aryl methyl sites for hydroxylation is 2. The molecule has 4 nitrogen and oxygen atoms in total. The molecule has 0 spiro atoms. The minimum Gasteiger partial charge on any atom is -0.293 e. The fraction of sp³-hybridized carbons (Fsp3) is 0.429. The van der Waals surface area contributed by atoms with E-state index in [0.29, 0.717) is 11.9 Å². The molecule has 0 atom stereocenters. The van der Waals surface area contributed by atoms with Gasteiger partial charge in [0.15, 0.2) is 0 Å². The molecule has 0 saturated carbocycles. The minimum atomic E-state index is -0.311. The molecule has 0 aliphatic heterocycles. The van der Waals surface area contributed by atoms with Crippen molar-refractivity contribution in [3.05, 3.63) is 44.6 Å². The Labute approximate surface area is 105 Å². The highest BCUT2D eigenvalue weighted by atomic mass is 16.2. The van der Waals surface area contributed by atoms with Crippen molar-refractivity contribution in [2.24, 2.45) is 0 Å². The maximum atomic E-state index is 11.9. The van der Waals surface area contributed by atoms with E-state index in [0.717, 1.165) is 30.3 Å². The average Bonchev–Trinajstić information content (AvgIpc) is 2.33. The van der Waals surface area contributed by atoms with Gasteiger partial charge < -0.3 is 0 Å². The number of nitrogens with one attached hydrogen (secondary N) is 1. The topological polar surface area (TPSA) is 54.9 Å². The quantitative estimate of drug-likeness (QED) is 0.841. The van der Waals surface area contributed by atoms with E-state index >= 15 is 0 Å². The molecule has 96 valence electrons. The van der Waals surface area contributed by atoms with Gasteiger partial charge in [0.05, 0.1) is 10.9 Å². The van der Waals surface area contributed by atoms with Gasteiger partial charge in [-0.2, -0.15) is 0 Å². The fourth-order valence-corrected chi connectivity index (χ4v) is 2.25. The molecule has 1 aromatic heterocycles. The van der Waals surface area contributed by atoms with Crippen LogP contribution in [0, 0.1) is 6.92 Å². The first-order valence-electron chi connectivity index (χ1n) is 6.37. The number of hydrogen-bond donors (Lipinski definition) is 1. The highest BCUT2D eigenvalue weighted by molar-refractivity contribution is 5.81. The van der Waals surface area contributed by atoms with Gasteiger partial charge in [-0.1, -0.05) is 31.9 Å². The van der Waals surface area contributed by atoms with Crippen molar-refractivity contribution in [3.63, 3.8) is 0 Å². The van der Waals surface area contributed by atoms with Crippen molar-refractivity contribution in [3.8, 4) is 0 Å². The highest BCUT2D eigenvalue weighted by Gasteiger charge is 2.08. The van der Waals surface area contributed by atoms with Crippen molar-refractivity contribution in [1.82, 2.24) is 9.55 Å². The molecule has 4 heteroatoms. The van der Waals surface area contributed by atoms with E-state index in [-0.39, 0.29) is 11.2 Å². The van der Waals surface area contributed by atoms with Crippen molar-refractivity contribution in [2.75, 3.05) is 0 Å². The predicted octanol–water partition coefficient (Wildman–Crippen LogP) is 2.19. The Morgan fingerprint density at radius 1 is 1.22 bits per heavy atom. The van der Waals surface area contributed by atoms with Crippen LogP contribution in [0.5, 0.6) is 0 Å². The molecular formula is C14H18N2O2. The predicted molar refractivity (Wildman–Crippen MR) is 73.1 cm³/mol. The zero-order valence-corrected chi connectivity index (χ0v) is 10.8. The largest absolute Gasteiger partial charge is 0.328 e. The molecule has 0 unspecified atom stereocenters. The first-order valence-corrected chi connectivity index (χ1v) is 6.37. The number of fused-ring (bicyclic) bond motifs is 1. The lowest BCUT2D eigenvalue weighted by Crippen LogP contribution is -2.30. The van der Waals surface area contributed by atoms with Gasteiger partial charge in [-0.05, 0) is 25.0 Å². The van der Waals surface area contributed by atoms with Gasteiger partial charge in [0.25, 0.3) is 5.56 Å². The molecule has 0 saturated heterocycles. The van der Waals surface area contributed by atoms with E-state index in [4.69, 9.17) is 0 Å². The number of benzene rings is 1. The lowest BCUT2D eigenvalue weighted by atomic mass is 10.1. The van der Waals surface area contributed by atoms with Crippen LogP contribution in [-0.4, -0.2) is 9.55 Å². The number of nitrogens with zero attached hydrogens (tertiary/aromatic N) is 1. The van der Waals surface area contributed by atoms with Crippen LogP contribution in [0.2, 0.25) is 0 Å². The number of H-pyrrole nitrogens is 1. The molecule has 0 fully saturated rings. The lowest BCUT2D eigenvalue weighted by Gasteiger charge is -2.10. The van der Waals surface area contributed by atoms with Crippen LogP contribution in [0.25, 0.3) is 10.9 Å². The molecule has 0 aliphatic rings. The lowest BCUT2D eigenvalue weighted by molar-refractivity contribution is 0.591. The van der Waals surface area contributed by atoms with Gasteiger partial charge in [0.1, 0.15) is 0 Å². The SMILES string of the molecule is CCCCCn1c(=O)[nH]c(=O)c2c(C)cccc21. The summed E-state index contributed by atoms with van der Waals surface area (Å²) in [6.45, 7) is 4.67. The standard InChI is InChI=1S/C14H18N2O2/c1-3-4-5-9-16-11-8-6-7-10(2)12(11)13(17)15-14(16)18/h6-8H,3-5,9H2,1-2H3,(H,15,17,18). The molecular weight excluding hydrogens is 228 g/mol. The summed E-state index contributed by atoms with van der Waals surface area (Å²) in [6, 6.07) is 5.61. The third-order valence-electron chi connectivity index (χ3n) is 3.22. The summed E-state index contributed by atoms with van der Waals surface area (Å²) in [7, 11) is 0. The Balaban J connectivity index is 2.62. The van der Waals surface area contributed by atoms with Crippen molar-refractivity contribution in [2.45, 2.75) is 39.7 Å². The summed E-state index contributed by atoms with van der Waals surface area (Å²) < 4.78 is 1.67. The van der Waals surface area contributed by atoms with E-state index in [1.165, 1.54) is 0 Å². The summed E-state index contributed by atoms with van der Waals surface area (Å²) in [5, 5.41) is 0.619. The molecule has 2 aromatic rings. The maximum Gasteiger partial charge on any atom is 0.328 e. The number of aromatic nitrogens is 2. The Hall–Kier alpha value is -1.84.